The number of hydrogen-bond acceptors (Lipinski definition) is 2. The van der Waals surface area contributed by atoms with Crippen molar-refractivity contribution in [3.8, 4) is 0 Å². The van der Waals surface area contributed by atoms with Crippen molar-refractivity contribution >= 4 is 11.4 Å². The Balaban J connectivity index is 1.95. The number of nitrogen functional groups attached to an aromatic ring is 2. The summed E-state index contributed by atoms with van der Waals surface area (Å²) < 4.78 is 0. The third-order valence-electron chi connectivity index (χ3n) is 5.21. The van der Waals surface area contributed by atoms with E-state index in [0.29, 0.717) is 11.8 Å². The zero-order valence-electron chi connectivity index (χ0n) is 15.7. The van der Waals surface area contributed by atoms with Crippen molar-refractivity contribution in [3.05, 3.63) is 95.1 Å². The fraction of sp³-hybridized carbons (Fsp3) is 0.250. The van der Waals surface area contributed by atoms with Crippen LogP contribution >= 0.6 is 0 Å². The molecule has 0 aliphatic rings. The average molecular weight is 345 g/mol. The molecule has 4 N–H and O–H groups in total. The Morgan fingerprint density at radius 1 is 0.577 bits per heavy atom. The maximum absolute atomic E-state index is 5.85. The quantitative estimate of drug-likeness (QED) is 0.544. The van der Waals surface area contributed by atoms with Crippen LogP contribution in [0.15, 0.2) is 72.8 Å². The van der Waals surface area contributed by atoms with Gasteiger partial charge in [0, 0.05) is 23.2 Å². The fourth-order valence-electron chi connectivity index (χ4n) is 3.78. The Hall–Kier alpha value is -2.74. The van der Waals surface area contributed by atoms with Crippen LogP contribution in [0.25, 0.3) is 0 Å². The summed E-state index contributed by atoms with van der Waals surface area (Å²) >= 11 is 0. The molecule has 0 saturated carbocycles. The predicted molar refractivity (Wildman–Crippen MR) is 112 cm³/mol. The Labute approximate surface area is 156 Å². The molecule has 2 atom stereocenters. The summed E-state index contributed by atoms with van der Waals surface area (Å²) in [4.78, 5) is 0. The molecule has 0 radical (unpaired) electrons. The lowest BCUT2D eigenvalue weighted by Crippen LogP contribution is -2.04. The minimum atomic E-state index is 0.388. The molecule has 0 spiro atoms. The molecular weight excluding hydrogens is 316 g/mol. The average Bonchev–Trinajstić information content (AvgIpc) is 2.66. The fourth-order valence-corrected chi connectivity index (χ4v) is 3.78. The molecule has 0 aliphatic heterocycles. The van der Waals surface area contributed by atoms with Gasteiger partial charge in [-0.1, -0.05) is 62.4 Å². The number of anilines is 2. The largest absolute Gasteiger partial charge is 0.399 e. The summed E-state index contributed by atoms with van der Waals surface area (Å²) in [7, 11) is 0. The molecule has 2 unspecified atom stereocenters. The maximum atomic E-state index is 5.85. The van der Waals surface area contributed by atoms with Gasteiger partial charge in [0.1, 0.15) is 0 Å². The lowest BCUT2D eigenvalue weighted by Gasteiger charge is -2.21. The van der Waals surface area contributed by atoms with E-state index in [9.17, 15) is 0 Å². The first-order chi connectivity index (χ1) is 12.6. The highest BCUT2D eigenvalue weighted by Crippen LogP contribution is 2.33. The van der Waals surface area contributed by atoms with Gasteiger partial charge in [0.25, 0.3) is 0 Å². The number of benzene rings is 3. The topological polar surface area (TPSA) is 52.0 Å². The van der Waals surface area contributed by atoms with Crippen LogP contribution in [0.3, 0.4) is 0 Å². The summed E-state index contributed by atoms with van der Waals surface area (Å²) in [5.74, 6) is 0.777. The van der Waals surface area contributed by atoms with Gasteiger partial charge < -0.3 is 11.5 Å². The third-order valence-corrected chi connectivity index (χ3v) is 5.21. The first kappa shape index (κ1) is 18.1. The molecule has 0 amide bonds. The van der Waals surface area contributed by atoms with E-state index in [1.54, 1.807) is 0 Å². The smallest absolute Gasteiger partial charge is 0.0314 e. The van der Waals surface area contributed by atoms with E-state index in [2.05, 4.69) is 62.4 Å². The minimum Gasteiger partial charge on any atom is -0.399 e. The highest BCUT2D eigenvalue weighted by Gasteiger charge is 2.16. The molecule has 134 valence electrons. The van der Waals surface area contributed by atoms with Gasteiger partial charge in [-0.05, 0) is 59.4 Å². The van der Waals surface area contributed by atoms with E-state index in [1.165, 1.54) is 22.3 Å². The molecule has 3 aromatic rings. The predicted octanol–water partition coefficient (Wildman–Crippen LogP) is 5.93. The summed E-state index contributed by atoms with van der Waals surface area (Å²) in [5, 5.41) is 0. The monoisotopic (exact) mass is 344 g/mol. The van der Waals surface area contributed by atoms with Crippen LogP contribution in [0.1, 0.15) is 60.8 Å². The van der Waals surface area contributed by atoms with Crippen LogP contribution < -0.4 is 11.5 Å². The summed E-state index contributed by atoms with van der Waals surface area (Å²) in [5.41, 5.74) is 18.7. The van der Waals surface area contributed by atoms with Crippen LogP contribution in [-0.2, 0) is 0 Å². The summed E-state index contributed by atoms with van der Waals surface area (Å²) in [6.45, 7) is 4.48. The van der Waals surface area contributed by atoms with Gasteiger partial charge in [-0.25, -0.2) is 0 Å². The maximum Gasteiger partial charge on any atom is 0.0314 e. The van der Waals surface area contributed by atoms with Crippen LogP contribution in [0.2, 0.25) is 0 Å². The van der Waals surface area contributed by atoms with E-state index >= 15 is 0 Å². The van der Waals surface area contributed by atoms with Gasteiger partial charge in [-0.2, -0.15) is 0 Å². The van der Waals surface area contributed by atoms with E-state index in [-0.39, 0.29) is 0 Å². The molecule has 0 fully saturated rings. The molecule has 0 bridgehead atoms. The van der Waals surface area contributed by atoms with Crippen molar-refractivity contribution in [2.75, 3.05) is 11.5 Å². The molecular formula is C24H28N2. The Bertz CT molecular complexity index is 766. The number of nitrogens with two attached hydrogens (primary N) is 2. The number of rotatable bonds is 6. The zero-order chi connectivity index (χ0) is 18.5. The minimum absolute atomic E-state index is 0.388. The van der Waals surface area contributed by atoms with Gasteiger partial charge in [0.05, 0.1) is 0 Å². The molecule has 0 heterocycles. The molecule has 2 heteroatoms. The second kappa shape index (κ2) is 8.09. The van der Waals surface area contributed by atoms with Gasteiger partial charge in [-0.3, -0.25) is 0 Å². The van der Waals surface area contributed by atoms with Gasteiger partial charge in [-0.15, -0.1) is 0 Å². The number of hydrogen-bond donors (Lipinski definition) is 2. The van der Waals surface area contributed by atoms with Crippen LogP contribution in [0.5, 0.6) is 0 Å². The van der Waals surface area contributed by atoms with Crippen molar-refractivity contribution in [1.29, 1.82) is 0 Å². The molecule has 2 nitrogen and oxygen atoms in total. The summed E-state index contributed by atoms with van der Waals surface area (Å²) in [6, 6.07) is 25.6. The Kier molecular flexibility index (Phi) is 5.62. The first-order valence-corrected chi connectivity index (χ1v) is 9.43. The Morgan fingerprint density at radius 2 is 0.962 bits per heavy atom. The van der Waals surface area contributed by atoms with Crippen LogP contribution in [0.4, 0.5) is 11.4 Å². The lowest BCUT2D eigenvalue weighted by atomic mass is 9.84. The van der Waals surface area contributed by atoms with Crippen molar-refractivity contribution in [2.24, 2.45) is 0 Å². The third kappa shape index (κ3) is 3.91. The van der Waals surface area contributed by atoms with E-state index < -0.39 is 0 Å². The highest BCUT2D eigenvalue weighted by molar-refractivity contribution is 5.45. The standard InChI is InChI=1S/C24H28N2/c1-3-23(17-8-12-21(25)13-9-17)19-6-5-7-20(16-19)24(4-2)18-10-14-22(26)15-11-18/h5-16,23-24H,3-4,25-26H2,1-2H3. The first-order valence-electron chi connectivity index (χ1n) is 9.43. The zero-order valence-corrected chi connectivity index (χ0v) is 15.7. The highest BCUT2D eigenvalue weighted by atomic mass is 14.5. The van der Waals surface area contributed by atoms with Crippen LogP contribution in [-0.4, -0.2) is 0 Å². The van der Waals surface area contributed by atoms with Crippen molar-refractivity contribution in [3.63, 3.8) is 0 Å². The van der Waals surface area contributed by atoms with E-state index in [1.807, 2.05) is 24.3 Å². The molecule has 0 aliphatic carbocycles. The normalized spacial score (nSPS) is 13.3. The second-order valence-corrected chi connectivity index (χ2v) is 6.93. The van der Waals surface area contributed by atoms with E-state index in [0.717, 1.165) is 24.2 Å². The molecule has 3 aromatic carbocycles. The van der Waals surface area contributed by atoms with Gasteiger partial charge in [0.2, 0.25) is 0 Å². The van der Waals surface area contributed by atoms with Crippen molar-refractivity contribution in [1.82, 2.24) is 0 Å². The van der Waals surface area contributed by atoms with Gasteiger partial charge in [0.15, 0.2) is 0 Å². The molecule has 26 heavy (non-hydrogen) atoms. The van der Waals surface area contributed by atoms with Crippen LogP contribution in [0, 0.1) is 0 Å². The van der Waals surface area contributed by atoms with Crippen molar-refractivity contribution in [2.45, 2.75) is 38.5 Å². The van der Waals surface area contributed by atoms with Crippen molar-refractivity contribution < 1.29 is 0 Å². The SMILES string of the molecule is CCC(c1ccc(N)cc1)c1cccc(C(CC)c2ccc(N)cc2)c1. The van der Waals surface area contributed by atoms with Gasteiger partial charge >= 0.3 is 0 Å². The summed E-state index contributed by atoms with van der Waals surface area (Å²) in [6.07, 6.45) is 2.12. The molecule has 3 rings (SSSR count). The van der Waals surface area contributed by atoms with E-state index in [4.69, 9.17) is 11.5 Å². The second-order valence-electron chi connectivity index (χ2n) is 6.93. The lowest BCUT2D eigenvalue weighted by molar-refractivity contribution is 0.754. The Morgan fingerprint density at radius 3 is 1.31 bits per heavy atom. The molecule has 0 saturated heterocycles. The molecule has 0 aromatic heterocycles.